The molecule has 0 saturated carbocycles. The van der Waals surface area contributed by atoms with Crippen LogP contribution in [-0.4, -0.2) is 6.61 Å². The maximum atomic E-state index is 5.57. The molecule has 0 saturated heterocycles. The fourth-order valence-electron chi connectivity index (χ4n) is 1.31. The summed E-state index contributed by atoms with van der Waals surface area (Å²) in [5.74, 6) is 0.979. The molecule has 2 aromatic rings. The minimum Gasteiger partial charge on any atom is -0.492 e. The van der Waals surface area contributed by atoms with E-state index in [1.165, 1.54) is 13.7 Å². The van der Waals surface area contributed by atoms with Crippen LogP contribution in [0.5, 0.6) is 5.75 Å². The summed E-state index contributed by atoms with van der Waals surface area (Å²) < 4.78 is 8.00. The highest BCUT2D eigenvalue weighted by atomic mass is 127. The van der Waals surface area contributed by atoms with E-state index in [0.717, 1.165) is 10.6 Å². The first kappa shape index (κ1) is 10.6. The van der Waals surface area contributed by atoms with Crippen LogP contribution in [0.4, 0.5) is 0 Å². The molecule has 0 atom stereocenters. The number of thiol groups is 1. The van der Waals surface area contributed by atoms with Gasteiger partial charge in [-0.25, -0.2) is 0 Å². The third-order valence-corrected chi connectivity index (χ3v) is 4.77. The number of hydrogen-bond donors (Lipinski definition) is 1. The van der Waals surface area contributed by atoms with E-state index >= 15 is 0 Å². The van der Waals surface area contributed by atoms with E-state index in [1.54, 1.807) is 11.3 Å². The fraction of sp³-hybridized carbons (Fsp3) is 0.200. The summed E-state index contributed by atoms with van der Waals surface area (Å²) in [4.78, 5) is 1.01. The van der Waals surface area contributed by atoms with E-state index < -0.39 is 0 Å². The van der Waals surface area contributed by atoms with Crippen molar-refractivity contribution in [1.29, 1.82) is 0 Å². The van der Waals surface area contributed by atoms with Gasteiger partial charge in [-0.1, -0.05) is 0 Å². The lowest BCUT2D eigenvalue weighted by Crippen LogP contribution is -1.90. The van der Waals surface area contributed by atoms with Crippen LogP contribution in [0.1, 0.15) is 6.92 Å². The van der Waals surface area contributed by atoms with Crippen molar-refractivity contribution < 1.29 is 4.74 Å². The lowest BCUT2D eigenvalue weighted by molar-refractivity contribution is 0.345. The van der Waals surface area contributed by atoms with Gasteiger partial charge in [-0.2, -0.15) is 0 Å². The highest BCUT2D eigenvalue weighted by Crippen LogP contribution is 2.38. The number of ether oxygens (including phenoxy) is 1. The second-order valence-electron chi connectivity index (χ2n) is 2.80. The Bertz CT molecular complexity index is 464. The Kier molecular flexibility index (Phi) is 3.23. The molecule has 4 heteroatoms. The Hall–Kier alpha value is 0.0600. The highest BCUT2D eigenvalue weighted by Gasteiger charge is 2.10. The molecule has 0 fully saturated rings. The van der Waals surface area contributed by atoms with Crippen LogP contribution in [0, 0.1) is 3.57 Å². The minimum absolute atomic E-state index is 0.707. The van der Waals surface area contributed by atoms with E-state index in [1.807, 2.05) is 13.0 Å². The van der Waals surface area contributed by atoms with Gasteiger partial charge in [-0.15, -0.1) is 24.0 Å². The normalized spacial score (nSPS) is 10.8. The largest absolute Gasteiger partial charge is 0.492 e. The van der Waals surface area contributed by atoms with Crippen molar-refractivity contribution in [1.82, 2.24) is 0 Å². The Morgan fingerprint density at radius 3 is 3.00 bits per heavy atom. The van der Waals surface area contributed by atoms with Crippen LogP contribution in [0.15, 0.2) is 22.4 Å². The predicted octanol–water partition coefficient (Wildman–Crippen LogP) is 4.19. The highest BCUT2D eigenvalue weighted by molar-refractivity contribution is 14.1. The van der Waals surface area contributed by atoms with Crippen LogP contribution < -0.4 is 4.74 Å². The molecule has 2 rings (SSSR count). The average molecular weight is 336 g/mol. The summed E-state index contributed by atoms with van der Waals surface area (Å²) in [7, 11) is 0. The second-order valence-corrected chi connectivity index (χ2v) is 5.28. The van der Waals surface area contributed by atoms with E-state index in [0.29, 0.717) is 6.61 Å². The van der Waals surface area contributed by atoms with E-state index in [4.69, 9.17) is 4.74 Å². The molecule has 1 heterocycles. The van der Waals surface area contributed by atoms with E-state index in [2.05, 4.69) is 46.7 Å². The molecule has 0 spiro atoms. The molecule has 1 aromatic carbocycles. The summed E-state index contributed by atoms with van der Waals surface area (Å²) in [5.41, 5.74) is 0. The lowest BCUT2D eigenvalue weighted by Gasteiger charge is -2.03. The molecule has 0 aliphatic carbocycles. The number of benzene rings is 1. The third-order valence-electron chi connectivity index (χ3n) is 1.92. The maximum absolute atomic E-state index is 5.57. The monoisotopic (exact) mass is 336 g/mol. The van der Waals surface area contributed by atoms with Gasteiger partial charge in [-0.3, -0.25) is 0 Å². The zero-order chi connectivity index (χ0) is 10.1. The van der Waals surface area contributed by atoms with E-state index in [-0.39, 0.29) is 0 Å². The molecule has 0 radical (unpaired) electrons. The molecule has 0 unspecified atom stereocenters. The van der Waals surface area contributed by atoms with Crippen molar-refractivity contribution in [2.75, 3.05) is 6.61 Å². The zero-order valence-corrected chi connectivity index (χ0v) is 11.4. The van der Waals surface area contributed by atoms with Crippen LogP contribution in [-0.2, 0) is 0 Å². The number of rotatable bonds is 2. The molecule has 0 N–H and O–H groups in total. The molecule has 1 nitrogen and oxygen atoms in total. The fourth-order valence-corrected chi connectivity index (χ4v) is 3.31. The van der Waals surface area contributed by atoms with Gasteiger partial charge in [0.25, 0.3) is 0 Å². The average Bonchev–Trinajstić information content (AvgIpc) is 2.57. The minimum atomic E-state index is 0.707. The van der Waals surface area contributed by atoms with Gasteiger partial charge in [0.1, 0.15) is 5.75 Å². The first-order valence-corrected chi connectivity index (χ1v) is 6.66. The number of fused-ring (bicyclic) bond motifs is 1. The summed E-state index contributed by atoms with van der Waals surface area (Å²) in [5, 5.41) is 3.26. The van der Waals surface area contributed by atoms with Gasteiger partial charge >= 0.3 is 0 Å². The molecule has 0 bridgehead atoms. The molecule has 74 valence electrons. The van der Waals surface area contributed by atoms with Crippen molar-refractivity contribution in [2.24, 2.45) is 0 Å². The van der Waals surface area contributed by atoms with Crippen LogP contribution in [0.25, 0.3) is 10.1 Å². The summed E-state index contributed by atoms with van der Waals surface area (Å²) in [6.07, 6.45) is 0. The number of thiophene rings is 1. The van der Waals surface area contributed by atoms with Crippen molar-refractivity contribution in [2.45, 2.75) is 11.8 Å². The van der Waals surface area contributed by atoms with Crippen molar-refractivity contribution in [3.05, 3.63) is 21.1 Å². The van der Waals surface area contributed by atoms with Crippen molar-refractivity contribution in [3.8, 4) is 5.75 Å². The molecule has 0 amide bonds. The quantitative estimate of drug-likeness (QED) is 0.639. The molecule has 0 aliphatic heterocycles. The summed E-state index contributed by atoms with van der Waals surface area (Å²) in [6, 6.07) is 4.12. The Balaban J connectivity index is 2.69. The number of hydrogen-bond acceptors (Lipinski definition) is 3. The van der Waals surface area contributed by atoms with Gasteiger partial charge in [0, 0.05) is 23.9 Å². The number of halogens is 1. The van der Waals surface area contributed by atoms with Gasteiger partial charge in [0.2, 0.25) is 0 Å². The smallest absolute Gasteiger partial charge is 0.138 e. The SMILES string of the molecule is CCOc1csc2ccc(S)c(I)c12. The van der Waals surface area contributed by atoms with Crippen LogP contribution in [0.3, 0.4) is 0 Å². The van der Waals surface area contributed by atoms with Gasteiger partial charge in [-0.05, 0) is 41.6 Å². The van der Waals surface area contributed by atoms with Crippen molar-refractivity contribution in [3.63, 3.8) is 0 Å². The van der Waals surface area contributed by atoms with Gasteiger partial charge < -0.3 is 4.74 Å². The Morgan fingerprint density at radius 2 is 2.29 bits per heavy atom. The Morgan fingerprint density at radius 1 is 1.50 bits per heavy atom. The van der Waals surface area contributed by atoms with Gasteiger partial charge in [0.05, 0.1) is 6.61 Å². The third kappa shape index (κ3) is 1.75. The van der Waals surface area contributed by atoms with Crippen LogP contribution >= 0.6 is 46.6 Å². The standard InChI is InChI=1S/C10H9IOS2/c1-2-12-6-5-14-8-4-3-7(13)10(11)9(6)8/h3-5,13H,2H2,1H3. The lowest BCUT2D eigenvalue weighted by atomic mass is 10.2. The van der Waals surface area contributed by atoms with Gasteiger partial charge in [0.15, 0.2) is 0 Å². The molecule has 1 aromatic heterocycles. The topological polar surface area (TPSA) is 9.23 Å². The molecule has 14 heavy (non-hydrogen) atoms. The first-order chi connectivity index (χ1) is 6.74. The van der Waals surface area contributed by atoms with E-state index in [9.17, 15) is 0 Å². The van der Waals surface area contributed by atoms with Crippen molar-refractivity contribution >= 4 is 56.6 Å². The predicted molar refractivity (Wildman–Crippen MR) is 73.0 cm³/mol. The maximum Gasteiger partial charge on any atom is 0.138 e. The van der Waals surface area contributed by atoms with Crippen LogP contribution in [0.2, 0.25) is 0 Å². The molecule has 0 aliphatic rings. The zero-order valence-electron chi connectivity index (χ0n) is 7.58. The summed E-state index contributed by atoms with van der Waals surface area (Å²) >= 11 is 8.43. The first-order valence-electron chi connectivity index (χ1n) is 4.25. The second kappa shape index (κ2) is 4.28. The molecular weight excluding hydrogens is 327 g/mol. The summed E-state index contributed by atoms with van der Waals surface area (Å²) in [6.45, 7) is 2.71. The molecular formula is C10H9IOS2. The Labute approximate surface area is 106 Å².